The van der Waals surface area contributed by atoms with Gasteiger partial charge in [-0.3, -0.25) is 4.79 Å². The van der Waals surface area contributed by atoms with Crippen LogP contribution in [0.4, 0.5) is 0 Å². The van der Waals surface area contributed by atoms with Crippen LogP contribution in [0, 0.1) is 18.3 Å². The number of amides is 1. The largest absolute Gasteiger partial charge is 0.348 e. The highest BCUT2D eigenvalue weighted by Gasteiger charge is 2.23. The zero-order valence-electron chi connectivity index (χ0n) is 15.3. The Labute approximate surface area is 164 Å². The monoisotopic (exact) mass is 393 g/mol. The molecule has 28 heavy (non-hydrogen) atoms. The van der Waals surface area contributed by atoms with Crippen molar-refractivity contribution in [1.82, 2.24) is 9.62 Å². The zero-order valence-corrected chi connectivity index (χ0v) is 16.1. The quantitative estimate of drug-likeness (QED) is 0.843. The topological polar surface area (TPSA) is 90.3 Å². The van der Waals surface area contributed by atoms with E-state index in [0.29, 0.717) is 12.1 Å². The molecule has 0 fully saturated rings. The van der Waals surface area contributed by atoms with Crippen molar-refractivity contribution in [2.45, 2.75) is 24.8 Å². The first-order valence-corrected chi connectivity index (χ1v) is 10.1. The molecule has 0 unspecified atom stereocenters. The van der Waals surface area contributed by atoms with E-state index in [1.807, 2.05) is 37.3 Å². The van der Waals surface area contributed by atoms with E-state index in [0.717, 1.165) is 11.1 Å². The molecular formula is C21H19N3O3S. The Hall–Kier alpha value is -3.37. The molecule has 0 aliphatic carbocycles. The van der Waals surface area contributed by atoms with Crippen LogP contribution in [-0.4, -0.2) is 19.2 Å². The Bertz CT molecular complexity index is 1080. The average Bonchev–Trinajstić information content (AvgIpc) is 2.68. The number of nitrogens with one attached hydrogen (secondary N) is 1. The third-order valence-corrected chi connectivity index (χ3v) is 5.57. The van der Waals surface area contributed by atoms with E-state index in [2.05, 4.69) is 10.8 Å². The van der Waals surface area contributed by atoms with Crippen LogP contribution in [0.15, 0.2) is 83.0 Å². The summed E-state index contributed by atoms with van der Waals surface area (Å²) >= 11 is 0. The highest BCUT2D eigenvalue weighted by Crippen LogP contribution is 2.21. The molecule has 6 nitrogen and oxygen atoms in total. The Morgan fingerprint density at radius 1 is 1.11 bits per heavy atom. The van der Waals surface area contributed by atoms with Gasteiger partial charge in [0.15, 0.2) is 0 Å². The van der Waals surface area contributed by atoms with E-state index in [1.165, 1.54) is 12.1 Å². The fourth-order valence-electron chi connectivity index (χ4n) is 2.79. The van der Waals surface area contributed by atoms with Crippen molar-refractivity contribution in [3.8, 4) is 6.07 Å². The summed E-state index contributed by atoms with van der Waals surface area (Å²) in [4.78, 5) is 14.3. The maximum absolute atomic E-state index is 12.6. The van der Waals surface area contributed by atoms with Gasteiger partial charge in [-0.15, -0.1) is 0 Å². The molecule has 0 spiro atoms. The first-order chi connectivity index (χ1) is 13.4. The molecule has 0 saturated heterocycles. The van der Waals surface area contributed by atoms with E-state index in [1.54, 1.807) is 29.4 Å². The van der Waals surface area contributed by atoms with Crippen LogP contribution in [0.2, 0.25) is 0 Å². The van der Waals surface area contributed by atoms with Crippen LogP contribution in [0.5, 0.6) is 0 Å². The molecule has 0 radical (unpaired) electrons. The molecule has 1 aliphatic heterocycles. The minimum absolute atomic E-state index is 0.0139. The normalized spacial score (nSPS) is 13.9. The summed E-state index contributed by atoms with van der Waals surface area (Å²) in [7, 11) is -3.99. The highest BCUT2D eigenvalue weighted by atomic mass is 32.2. The molecule has 1 amide bonds. The third kappa shape index (κ3) is 4.67. The standard InChI is InChI=1S/C21H19N3O3S/c1-16-7-9-20(10-8-16)28(26,27)23-21(25)19-11-18(12-22)14-24(15-19)13-17-5-3-2-4-6-17/h2-10,14-15H,11,13H2,1H3,(H,23,25). The van der Waals surface area contributed by atoms with Gasteiger partial charge in [0, 0.05) is 30.9 Å². The number of benzene rings is 2. The first-order valence-electron chi connectivity index (χ1n) is 8.62. The van der Waals surface area contributed by atoms with Gasteiger partial charge < -0.3 is 4.90 Å². The van der Waals surface area contributed by atoms with Gasteiger partial charge in [-0.25, -0.2) is 13.1 Å². The van der Waals surface area contributed by atoms with Crippen LogP contribution in [0.1, 0.15) is 17.5 Å². The van der Waals surface area contributed by atoms with Crippen molar-refractivity contribution < 1.29 is 13.2 Å². The lowest BCUT2D eigenvalue weighted by Crippen LogP contribution is -2.33. The summed E-state index contributed by atoms with van der Waals surface area (Å²) in [6.07, 6.45) is 3.32. The van der Waals surface area contributed by atoms with Gasteiger partial charge in [0.05, 0.1) is 16.5 Å². The number of nitrogens with zero attached hydrogens (tertiary/aromatic N) is 2. The SMILES string of the molecule is Cc1ccc(S(=O)(=O)NC(=O)C2=CN(Cc3ccccc3)C=C(C#N)C2)cc1. The predicted molar refractivity (Wildman–Crippen MR) is 105 cm³/mol. The van der Waals surface area contributed by atoms with Crippen LogP contribution in [-0.2, 0) is 21.4 Å². The smallest absolute Gasteiger partial charge is 0.264 e. The van der Waals surface area contributed by atoms with Crippen molar-refractivity contribution in [2.75, 3.05) is 0 Å². The fraction of sp³-hybridized carbons (Fsp3) is 0.143. The van der Waals surface area contributed by atoms with Gasteiger partial charge in [-0.2, -0.15) is 5.26 Å². The molecule has 3 rings (SSSR count). The molecular weight excluding hydrogens is 374 g/mol. The second kappa shape index (κ2) is 8.11. The molecule has 0 bridgehead atoms. The molecule has 142 valence electrons. The van der Waals surface area contributed by atoms with Crippen molar-refractivity contribution in [3.05, 3.63) is 89.3 Å². The van der Waals surface area contributed by atoms with Gasteiger partial charge >= 0.3 is 0 Å². The maximum atomic E-state index is 12.6. The van der Waals surface area contributed by atoms with E-state index < -0.39 is 15.9 Å². The number of hydrogen-bond acceptors (Lipinski definition) is 5. The average molecular weight is 393 g/mol. The fourth-order valence-corrected chi connectivity index (χ4v) is 3.78. The predicted octanol–water partition coefficient (Wildman–Crippen LogP) is 3.00. The lowest BCUT2D eigenvalue weighted by Gasteiger charge is -2.23. The van der Waals surface area contributed by atoms with Gasteiger partial charge in [-0.05, 0) is 24.6 Å². The lowest BCUT2D eigenvalue weighted by atomic mass is 10.0. The molecule has 1 N–H and O–H groups in total. The van der Waals surface area contributed by atoms with Crippen LogP contribution >= 0.6 is 0 Å². The molecule has 0 saturated carbocycles. The molecule has 1 heterocycles. The second-order valence-corrected chi connectivity index (χ2v) is 8.19. The summed E-state index contributed by atoms with van der Waals surface area (Å²) < 4.78 is 27.0. The summed E-state index contributed by atoms with van der Waals surface area (Å²) in [5, 5.41) is 9.29. The van der Waals surface area contributed by atoms with Crippen LogP contribution in [0.3, 0.4) is 0 Å². The molecule has 2 aromatic carbocycles. The highest BCUT2D eigenvalue weighted by molar-refractivity contribution is 7.90. The summed E-state index contributed by atoms with van der Waals surface area (Å²) in [6.45, 7) is 2.31. The Morgan fingerprint density at radius 2 is 1.79 bits per heavy atom. The number of allylic oxidation sites excluding steroid dienone is 1. The van der Waals surface area contributed by atoms with Crippen molar-refractivity contribution in [3.63, 3.8) is 0 Å². The van der Waals surface area contributed by atoms with E-state index in [9.17, 15) is 18.5 Å². The van der Waals surface area contributed by atoms with Crippen LogP contribution in [0.25, 0.3) is 0 Å². The Morgan fingerprint density at radius 3 is 2.43 bits per heavy atom. The summed E-state index contributed by atoms with van der Waals surface area (Å²) in [6, 6.07) is 17.9. The van der Waals surface area contributed by atoms with Crippen molar-refractivity contribution in [2.24, 2.45) is 0 Å². The first kappa shape index (κ1) is 19.4. The number of hydrogen-bond donors (Lipinski definition) is 1. The zero-order chi connectivity index (χ0) is 20.1. The molecule has 7 heteroatoms. The van der Waals surface area contributed by atoms with Gasteiger partial charge in [0.2, 0.25) is 0 Å². The van der Waals surface area contributed by atoms with Gasteiger partial charge in [-0.1, -0.05) is 48.0 Å². The van der Waals surface area contributed by atoms with Crippen LogP contribution < -0.4 is 4.72 Å². The number of carbonyl (C=O) groups excluding carboxylic acids is 1. The van der Waals surface area contributed by atoms with Crippen molar-refractivity contribution >= 4 is 15.9 Å². The molecule has 0 aromatic heterocycles. The lowest BCUT2D eigenvalue weighted by molar-refractivity contribution is -0.116. The number of rotatable bonds is 5. The van der Waals surface area contributed by atoms with Gasteiger partial charge in [0.25, 0.3) is 15.9 Å². The number of sulfonamides is 1. The summed E-state index contributed by atoms with van der Waals surface area (Å²) in [5.41, 5.74) is 2.52. The van der Waals surface area contributed by atoms with E-state index in [4.69, 9.17) is 0 Å². The van der Waals surface area contributed by atoms with E-state index in [-0.39, 0.29) is 16.9 Å². The molecule has 2 aromatic rings. The number of aryl methyl sites for hydroxylation is 1. The molecule has 0 atom stereocenters. The maximum Gasteiger partial charge on any atom is 0.264 e. The number of carbonyl (C=O) groups is 1. The van der Waals surface area contributed by atoms with E-state index >= 15 is 0 Å². The minimum Gasteiger partial charge on any atom is -0.348 e. The summed E-state index contributed by atoms with van der Waals surface area (Å²) in [5.74, 6) is -0.737. The third-order valence-electron chi connectivity index (χ3n) is 4.23. The number of nitriles is 1. The van der Waals surface area contributed by atoms with Gasteiger partial charge in [0.1, 0.15) is 0 Å². The Kier molecular flexibility index (Phi) is 5.62. The minimum atomic E-state index is -3.99. The second-order valence-electron chi connectivity index (χ2n) is 6.50. The van der Waals surface area contributed by atoms with Crippen molar-refractivity contribution in [1.29, 1.82) is 5.26 Å². The Balaban J connectivity index is 1.79. The molecule has 1 aliphatic rings.